The van der Waals surface area contributed by atoms with E-state index in [0.29, 0.717) is 43.7 Å². The zero-order chi connectivity index (χ0) is 28.9. The average molecular weight is 561 g/mol. The van der Waals surface area contributed by atoms with E-state index < -0.39 is 11.7 Å². The van der Waals surface area contributed by atoms with Gasteiger partial charge in [-0.1, -0.05) is 6.08 Å². The fourth-order valence-electron chi connectivity index (χ4n) is 5.21. The Balaban J connectivity index is 1.40. The van der Waals surface area contributed by atoms with Gasteiger partial charge in [0, 0.05) is 68.5 Å². The van der Waals surface area contributed by atoms with Crippen molar-refractivity contribution in [1.82, 2.24) is 15.1 Å². The second-order valence-corrected chi connectivity index (χ2v) is 11.3. The summed E-state index contributed by atoms with van der Waals surface area (Å²) in [6.07, 6.45) is 3.01. The largest absolute Gasteiger partial charge is 0.419 e. The van der Waals surface area contributed by atoms with Crippen molar-refractivity contribution in [2.75, 3.05) is 57.0 Å². The number of hydrogen-bond acceptors (Lipinski definition) is 5. The maximum absolute atomic E-state index is 14.0. The van der Waals surface area contributed by atoms with Gasteiger partial charge < -0.3 is 25.3 Å². The number of anilines is 2. The zero-order valence-corrected chi connectivity index (χ0v) is 24.2. The molecule has 3 fully saturated rings. The smallest absolute Gasteiger partial charge is 0.385 e. The summed E-state index contributed by atoms with van der Waals surface area (Å²) in [5.74, 6) is 0.997. The van der Waals surface area contributed by atoms with Crippen LogP contribution >= 0.6 is 0 Å². The molecule has 1 amide bonds. The minimum absolute atomic E-state index is 0.0115. The maximum atomic E-state index is 14.0. The van der Waals surface area contributed by atoms with E-state index in [1.165, 1.54) is 17.3 Å². The minimum atomic E-state index is -4.57. The fourth-order valence-corrected chi connectivity index (χ4v) is 5.21. The summed E-state index contributed by atoms with van der Waals surface area (Å²) in [4.78, 5) is 22.5. The Bertz CT molecular complexity index is 1130. The van der Waals surface area contributed by atoms with Crippen LogP contribution in [0.25, 0.3) is 0 Å². The van der Waals surface area contributed by atoms with Gasteiger partial charge in [0.05, 0.1) is 5.57 Å². The third-order valence-corrected chi connectivity index (χ3v) is 7.94. The number of nitrogens with one attached hydrogen (secondary N) is 2. The molecule has 1 saturated carbocycles. The van der Waals surface area contributed by atoms with Gasteiger partial charge in [-0.05, 0) is 89.7 Å². The molecule has 0 radical (unpaired) electrons. The highest BCUT2D eigenvalue weighted by molar-refractivity contribution is 5.95. The molecule has 3 aliphatic rings. The molecular weight excluding hydrogens is 517 g/mol. The van der Waals surface area contributed by atoms with Crippen LogP contribution in [0.4, 0.5) is 24.5 Å². The van der Waals surface area contributed by atoms with Crippen molar-refractivity contribution >= 4 is 23.1 Å². The Hall–Kier alpha value is -3.01. The first kappa shape index (κ1) is 30.0. The number of rotatable bonds is 11. The van der Waals surface area contributed by atoms with E-state index in [4.69, 9.17) is 0 Å². The predicted molar refractivity (Wildman–Crippen MR) is 156 cm³/mol. The van der Waals surface area contributed by atoms with Crippen LogP contribution in [0.3, 0.4) is 0 Å². The van der Waals surface area contributed by atoms with Crippen LogP contribution in [0.15, 0.2) is 46.7 Å². The molecular formula is C30H43F3N6O. The molecule has 220 valence electrons. The van der Waals surface area contributed by atoms with Gasteiger partial charge in [-0.15, -0.1) is 0 Å². The lowest BCUT2D eigenvalue weighted by atomic mass is 10.0. The van der Waals surface area contributed by atoms with Gasteiger partial charge in [-0.2, -0.15) is 13.2 Å². The number of allylic oxidation sites excluding steroid dienone is 2. The number of nitrogens with zero attached hydrogens (tertiary/aromatic N) is 4. The maximum Gasteiger partial charge on any atom is 0.419 e. The number of likely N-dealkylation sites (N-methyl/N-ethyl adjacent to an activating group) is 1. The quantitative estimate of drug-likeness (QED) is 0.162. The van der Waals surface area contributed by atoms with Gasteiger partial charge in [0.2, 0.25) is 5.91 Å². The van der Waals surface area contributed by atoms with Crippen LogP contribution in [0.2, 0.25) is 0 Å². The second-order valence-electron chi connectivity index (χ2n) is 11.3. The summed E-state index contributed by atoms with van der Waals surface area (Å²) in [5.41, 5.74) is 2.45. The highest BCUT2D eigenvalue weighted by Gasteiger charge is 2.36. The van der Waals surface area contributed by atoms with Crippen molar-refractivity contribution in [3.8, 4) is 0 Å². The topological polar surface area (TPSA) is 63.2 Å². The number of carbonyl (C=O) groups is 1. The van der Waals surface area contributed by atoms with Crippen molar-refractivity contribution in [2.24, 2.45) is 4.99 Å². The lowest BCUT2D eigenvalue weighted by molar-refractivity contribution is -0.133. The molecule has 0 atom stereocenters. The molecule has 7 nitrogen and oxygen atoms in total. The molecule has 2 saturated heterocycles. The SMILES string of the molecule is C/C=C(NCCCN1CCCCC1=O)\C(=C/N=C(C)Nc1ccc(N2CC(N(C)C)C2)cc1C1CC1)C(F)(F)F. The molecule has 1 aromatic carbocycles. The molecule has 0 unspecified atom stereocenters. The van der Waals surface area contributed by atoms with E-state index in [-0.39, 0.29) is 11.6 Å². The summed E-state index contributed by atoms with van der Waals surface area (Å²) in [5, 5.41) is 6.16. The number of piperidine rings is 1. The lowest BCUT2D eigenvalue weighted by Gasteiger charge is -2.44. The van der Waals surface area contributed by atoms with Gasteiger partial charge in [0.1, 0.15) is 5.84 Å². The standard InChI is InChI=1S/C30H43F3N6O/c1-5-27(34-14-8-16-38-15-7-6-9-29(38)40)26(30(31,32)33)18-35-21(2)36-28-13-12-23(17-25(28)22-10-11-22)39-19-24(20-39)37(3)4/h5,12-13,17-18,22,24,34H,6-11,14-16,19-20H2,1-4H3,(H,35,36)/b26-18+,27-5+. The summed E-state index contributed by atoms with van der Waals surface area (Å²) in [7, 11) is 4.20. The van der Waals surface area contributed by atoms with Crippen LogP contribution in [-0.2, 0) is 4.79 Å². The molecule has 10 heteroatoms. The van der Waals surface area contributed by atoms with Gasteiger partial charge in [0.25, 0.3) is 0 Å². The van der Waals surface area contributed by atoms with Crippen LogP contribution < -0.4 is 15.5 Å². The number of carbonyl (C=O) groups excluding carboxylic acids is 1. The first-order chi connectivity index (χ1) is 19.1. The monoisotopic (exact) mass is 560 g/mol. The summed E-state index contributed by atoms with van der Waals surface area (Å²) >= 11 is 0. The number of amides is 1. The molecule has 0 aromatic heterocycles. The van der Waals surface area contributed by atoms with Crippen molar-refractivity contribution < 1.29 is 18.0 Å². The second kappa shape index (κ2) is 13.1. The molecule has 2 aliphatic heterocycles. The molecule has 0 spiro atoms. The normalized spacial score (nSPS) is 19.8. The van der Waals surface area contributed by atoms with Crippen LogP contribution in [-0.4, -0.2) is 80.6 Å². The van der Waals surface area contributed by atoms with Crippen molar-refractivity contribution in [3.05, 3.63) is 47.3 Å². The van der Waals surface area contributed by atoms with Crippen molar-refractivity contribution in [3.63, 3.8) is 0 Å². The first-order valence-electron chi connectivity index (χ1n) is 14.4. The number of halogens is 3. The predicted octanol–water partition coefficient (Wildman–Crippen LogP) is 5.49. The highest BCUT2D eigenvalue weighted by Crippen LogP contribution is 2.45. The first-order valence-corrected chi connectivity index (χ1v) is 14.4. The lowest BCUT2D eigenvalue weighted by Crippen LogP contribution is -2.57. The summed E-state index contributed by atoms with van der Waals surface area (Å²) in [6.45, 7) is 6.86. The number of hydrogen-bond donors (Lipinski definition) is 2. The van der Waals surface area contributed by atoms with E-state index in [0.717, 1.165) is 57.2 Å². The Labute approximate surface area is 236 Å². The Kier molecular flexibility index (Phi) is 9.81. The van der Waals surface area contributed by atoms with Crippen LogP contribution in [0.1, 0.15) is 63.9 Å². The number of aliphatic imine (C=N–C) groups is 1. The van der Waals surface area contributed by atoms with Gasteiger partial charge in [-0.3, -0.25) is 4.79 Å². The third kappa shape index (κ3) is 7.80. The molecule has 1 aliphatic carbocycles. The van der Waals surface area contributed by atoms with E-state index in [1.54, 1.807) is 18.7 Å². The number of alkyl halides is 3. The molecule has 0 bridgehead atoms. The molecule has 4 rings (SSSR count). The van der Waals surface area contributed by atoms with Crippen LogP contribution in [0.5, 0.6) is 0 Å². The molecule has 2 N–H and O–H groups in total. The fraction of sp³-hybridized carbons (Fsp3) is 0.600. The summed E-state index contributed by atoms with van der Waals surface area (Å²) in [6, 6.07) is 6.87. The Morgan fingerprint density at radius 1 is 1.20 bits per heavy atom. The average Bonchev–Trinajstić information content (AvgIpc) is 3.71. The number of amidine groups is 1. The van der Waals surface area contributed by atoms with Gasteiger partial charge >= 0.3 is 6.18 Å². The number of likely N-dealkylation sites (tertiary alicyclic amines) is 1. The van der Waals surface area contributed by atoms with Gasteiger partial charge in [-0.25, -0.2) is 4.99 Å². The van der Waals surface area contributed by atoms with E-state index in [1.807, 2.05) is 6.07 Å². The minimum Gasteiger partial charge on any atom is -0.385 e. The Morgan fingerprint density at radius 3 is 2.58 bits per heavy atom. The van der Waals surface area contributed by atoms with Crippen molar-refractivity contribution in [2.45, 2.75) is 70.5 Å². The Morgan fingerprint density at radius 2 is 1.95 bits per heavy atom. The molecule has 2 heterocycles. The van der Waals surface area contributed by atoms with Crippen molar-refractivity contribution in [1.29, 1.82) is 0 Å². The van der Waals surface area contributed by atoms with E-state index in [9.17, 15) is 18.0 Å². The zero-order valence-electron chi connectivity index (χ0n) is 24.2. The van der Waals surface area contributed by atoms with E-state index in [2.05, 4.69) is 51.7 Å². The van der Waals surface area contributed by atoms with Crippen LogP contribution in [0, 0.1) is 0 Å². The highest BCUT2D eigenvalue weighted by atomic mass is 19.4. The molecule has 40 heavy (non-hydrogen) atoms. The number of benzene rings is 1. The summed E-state index contributed by atoms with van der Waals surface area (Å²) < 4.78 is 42.0. The van der Waals surface area contributed by atoms with E-state index >= 15 is 0 Å². The molecule has 1 aromatic rings. The third-order valence-electron chi connectivity index (χ3n) is 7.94. The van der Waals surface area contributed by atoms with Gasteiger partial charge in [0.15, 0.2) is 0 Å².